The third kappa shape index (κ3) is 9.75. The van der Waals surface area contributed by atoms with Gasteiger partial charge in [-0.2, -0.15) is 0 Å². The third-order valence-electron chi connectivity index (χ3n) is 5.25. The van der Waals surface area contributed by atoms with Gasteiger partial charge in [-0.1, -0.05) is 82.0 Å². The first-order chi connectivity index (χ1) is 13.8. The number of halogens is 1. The van der Waals surface area contributed by atoms with Crippen molar-refractivity contribution in [1.29, 1.82) is 0 Å². The highest BCUT2D eigenvalue weighted by molar-refractivity contribution is 6.30. The van der Waals surface area contributed by atoms with Gasteiger partial charge in [-0.05, 0) is 37.0 Å². The van der Waals surface area contributed by atoms with Crippen molar-refractivity contribution in [2.75, 3.05) is 6.61 Å². The number of nitrogens with zero attached hydrogens (tertiary/aromatic N) is 2. The zero-order valence-electron chi connectivity index (χ0n) is 17.5. The third-order valence-corrected chi connectivity index (χ3v) is 5.50. The largest absolute Gasteiger partial charge is 0.374 e. The highest BCUT2D eigenvalue weighted by atomic mass is 35.5. The Kier molecular flexibility index (Phi) is 12.0. The number of hydrogen-bond acceptors (Lipinski definition) is 2. The molecule has 0 N–H and O–H groups in total. The monoisotopic (exact) mass is 404 g/mol. The van der Waals surface area contributed by atoms with E-state index in [2.05, 4.69) is 28.6 Å². The fourth-order valence-electron chi connectivity index (χ4n) is 3.54. The van der Waals surface area contributed by atoms with Gasteiger partial charge in [0.15, 0.2) is 0 Å². The SMILES string of the molecule is CCCCCCCCCCCOC(CCCn1ccnc1)c1ccc(Cl)cc1. The van der Waals surface area contributed by atoms with E-state index in [4.69, 9.17) is 16.3 Å². The molecule has 0 aliphatic rings. The number of benzene rings is 1. The fourth-order valence-corrected chi connectivity index (χ4v) is 3.67. The topological polar surface area (TPSA) is 27.1 Å². The summed E-state index contributed by atoms with van der Waals surface area (Å²) in [6, 6.07) is 8.12. The molecule has 3 nitrogen and oxygen atoms in total. The molecule has 0 saturated heterocycles. The highest BCUT2D eigenvalue weighted by Gasteiger charge is 2.12. The van der Waals surface area contributed by atoms with Crippen molar-refractivity contribution in [3.8, 4) is 0 Å². The van der Waals surface area contributed by atoms with E-state index in [9.17, 15) is 0 Å². The molecule has 0 saturated carbocycles. The Labute approximate surface area is 176 Å². The summed E-state index contributed by atoms with van der Waals surface area (Å²) in [5.74, 6) is 0. The molecule has 1 heterocycles. The summed E-state index contributed by atoms with van der Waals surface area (Å²) in [5, 5.41) is 0.778. The minimum Gasteiger partial charge on any atom is -0.374 e. The molecule has 2 aromatic rings. The van der Waals surface area contributed by atoms with E-state index in [1.165, 1.54) is 56.9 Å². The molecular weight excluding hydrogens is 368 g/mol. The van der Waals surface area contributed by atoms with Crippen LogP contribution in [0.4, 0.5) is 0 Å². The van der Waals surface area contributed by atoms with Crippen LogP contribution in [0.5, 0.6) is 0 Å². The summed E-state index contributed by atoms with van der Waals surface area (Å²) < 4.78 is 8.40. The second kappa shape index (κ2) is 14.6. The van der Waals surface area contributed by atoms with Gasteiger partial charge in [0, 0.05) is 30.6 Å². The predicted octanol–water partition coefficient (Wildman–Crippen LogP) is 7.61. The second-order valence-electron chi connectivity index (χ2n) is 7.68. The van der Waals surface area contributed by atoms with Crippen molar-refractivity contribution < 1.29 is 4.74 Å². The van der Waals surface area contributed by atoms with Crippen LogP contribution >= 0.6 is 11.6 Å². The van der Waals surface area contributed by atoms with E-state index in [1.807, 2.05) is 30.9 Å². The van der Waals surface area contributed by atoms with Crippen molar-refractivity contribution in [1.82, 2.24) is 9.55 Å². The maximum Gasteiger partial charge on any atom is 0.0945 e. The molecule has 2 rings (SSSR count). The standard InChI is InChI=1S/C24H37ClN2O/c1-2-3-4-5-6-7-8-9-10-20-28-24(22-13-15-23(25)16-14-22)12-11-18-27-19-17-26-21-27/h13-17,19,21,24H,2-12,18,20H2,1H3. The van der Waals surface area contributed by atoms with E-state index in [1.54, 1.807) is 0 Å². The zero-order valence-corrected chi connectivity index (χ0v) is 18.2. The van der Waals surface area contributed by atoms with Crippen molar-refractivity contribution in [2.24, 2.45) is 0 Å². The van der Waals surface area contributed by atoms with E-state index in [0.29, 0.717) is 0 Å². The molecule has 1 atom stereocenters. The van der Waals surface area contributed by atoms with E-state index in [-0.39, 0.29) is 6.10 Å². The van der Waals surface area contributed by atoms with Gasteiger partial charge >= 0.3 is 0 Å². The van der Waals surface area contributed by atoms with Gasteiger partial charge in [-0.25, -0.2) is 4.98 Å². The average molecular weight is 405 g/mol. The maximum atomic E-state index is 6.28. The molecule has 4 heteroatoms. The Bertz CT molecular complexity index is 598. The summed E-state index contributed by atoms with van der Waals surface area (Å²) >= 11 is 6.05. The molecule has 0 fully saturated rings. The van der Waals surface area contributed by atoms with Crippen LogP contribution in [-0.2, 0) is 11.3 Å². The number of aryl methyl sites for hydroxylation is 1. The molecule has 0 bridgehead atoms. The van der Waals surface area contributed by atoms with Gasteiger partial charge in [0.1, 0.15) is 0 Å². The molecule has 0 amide bonds. The van der Waals surface area contributed by atoms with Crippen molar-refractivity contribution in [3.05, 3.63) is 53.6 Å². The number of unbranched alkanes of at least 4 members (excludes halogenated alkanes) is 8. The summed E-state index contributed by atoms with van der Waals surface area (Å²) in [6.07, 6.45) is 20.0. The van der Waals surface area contributed by atoms with Gasteiger partial charge in [-0.3, -0.25) is 0 Å². The van der Waals surface area contributed by atoms with Crippen molar-refractivity contribution in [2.45, 2.75) is 90.2 Å². The molecule has 28 heavy (non-hydrogen) atoms. The Hall–Kier alpha value is -1.32. The van der Waals surface area contributed by atoms with Gasteiger partial charge < -0.3 is 9.30 Å². The average Bonchev–Trinajstić information content (AvgIpc) is 3.22. The maximum absolute atomic E-state index is 6.28. The van der Waals surface area contributed by atoms with Crippen LogP contribution < -0.4 is 0 Å². The van der Waals surface area contributed by atoms with Crippen LogP contribution in [0.2, 0.25) is 5.02 Å². The minimum absolute atomic E-state index is 0.148. The summed E-state index contributed by atoms with van der Waals surface area (Å²) in [5.41, 5.74) is 1.23. The quantitative estimate of drug-likeness (QED) is 0.269. The first-order valence-corrected chi connectivity index (χ1v) is 11.5. The van der Waals surface area contributed by atoms with Crippen LogP contribution in [-0.4, -0.2) is 16.2 Å². The number of imidazole rings is 1. The Balaban J connectivity index is 1.65. The Morgan fingerprint density at radius 2 is 1.61 bits per heavy atom. The molecule has 0 aliphatic heterocycles. The molecule has 1 aromatic carbocycles. The Morgan fingerprint density at radius 1 is 0.929 bits per heavy atom. The van der Waals surface area contributed by atoms with E-state index < -0.39 is 0 Å². The smallest absolute Gasteiger partial charge is 0.0945 e. The number of hydrogen-bond donors (Lipinski definition) is 0. The molecule has 156 valence electrons. The molecule has 1 unspecified atom stereocenters. The van der Waals surface area contributed by atoms with Crippen LogP contribution in [0.15, 0.2) is 43.0 Å². The first-order valence-electron chi connectivity index (χ1n) is 11.1. The lowest BCUT2D eigenvalue weighted by atomic mass is 10.0. The second-order valence-corrected chi connectivity index (χ2v) is 8.12. The summed E-state index contributed by atoms with van der Waals surface area (Å²) in [6.45, 7) is 4.09. The number of aromatic nitrogens is 2. The molecule has 0 spiro atoms. The number of ether oxygens (including phenoxy) is 1. The van der Waals surface area contributed by atoms with Gasteiger partial charge in [-0.15, -0.1) is 0 Å². The Morgan fingerprint density at radius 3 is 2.25 bits per heavy atom. The lowest BCUT2D eigenvalue weighted by molar-refractivity contribution is 0.0418. The van der Waals surface area contributed by atoms with Crippen LogP contribution in [0.1, 0.15) is 89.2 Å². The van der Waals surface area contributed by atoms with E-state index >= 15 is 0 Å². The summed E-state index contributed by atoms with van der Waals surface area (Å²) in [7, 11) is 0. The predicted molar refractivity (Wildman–Crippen MR) is 119 cm³/mol. The molecular formula is C24H37ClN2O. The van der Waals surface area contributed by atoms with Crippen LogP contribution in [0.25, 0.3) is 0 Å². The fraction of sp³-hybridized carbons (Fsp3) is 0.625. The summed E-state index contributed by atoms with van der Waals surface area (Å²) in [4.78, 5) is 4.11. The van der Waals surface area contributed by atoms with Crippen molar-refractivity contribution in [3.63, 3.8) is 0 Å². The first kappa shape index (κ1) is 23.0. The lowest BCUT2D eigenvalue weighted by Crippen LogP contribution is -2.07. The minimum atomic E-state index is 0.148. The van der Waals surface area contributed by atoms with Gasteiger partial charge in [0.25, 0.3) is 0 Å². The normalized spacial score (nSPS) is 12.4. The van der Waals surface area contributed by atoms with Gasteiger partial charge in [0.05, 0.1) is 12.4 Å². The van der Waals surface area contributed by atoms with Crippen molar-refractivity contribution >= 4 is 11.6 Å². The number of rotatable bonds is 16. The molecule has 1 aromatic heterocycles. The highest BCUT2D eigenvalue weighted by Crippen LogP contribution is 2.25. The molecule has 0 radical (unpaired) electrons. The molecule has 0 aliphatic carbocycles. The van der Waals surface area contributed by atoms with E-state index in [0.717, 1.165) is 37.4 Å². The zero-order chi connectivity index (χ0) is 19.9. The van der Waals surface area contributed by atoms with Crippen LogP contribution in [0.3, 0.4) is 0 Å². The van der Waals surface area contributed by atoms with Crippen LogP contribution in [0, 0.1) is 0 Å². The lowest BCUT2D eigenvalue weighted by Gasteiger charge is -2.19. The van der Waals surface area contributed by atoms with Gasteiger partial charge in [0.2, 0.25) is 0 Å².